The maximum Gasteiger partial charge on any atom is 0.226 e. The molecule has 0 spiro atoms. The van der Waals surface area contributed by atoms with E-state index in [4.69, 9.17) is 0 Å². The summed E-state index contributed by atoms with van der Waals surface area (Å²) < 4.78 is 0. The quantitative estimate of drug-likeness (QED) is 0.862. The van der Waals surface area contributed by atoms with E-state index in [-0.39, 0.29) is 24.8 Å². The summed E-state index contributed by atoms with van der Waals surface area (Å²) in [6, 6.07) is 2.02. The first kappa shape index (κ1) is 15.2. The molecule has 2 aromatic rings. The Balaban J connectivity index is 1.86. The van der Waals surface area contributed by atoms with Crippen LogP contribution >= 0.6 is 22.7 Å². The highest BCUT2D eigenvalue weighted by Gasteiger charge is 2.12. The number of carbonyl (C=O) groups is 1. The molecule has 2 heterocycles. The number of thiazole rings is 1. The highest BCUT2D eigenvalue weighted by atomic mass is 32.1. The van der Waals surface area contributed by atoms with Crippen molar-refractivity contribution in [2.24, 2.45) is 5.92 Å². The van der Waals surface area contributed by atoms with Gasteiger partial charge in [0, 0.05) is 22.9 Å². The number of aliphatic hydroxyl groups is 1. The molecule has 0 radical (unpaired) electrons. The first-order chi connectivity index (χ1) is 9.56. The highest BCUT2D eigenvalue weighted by molar-refractivity contribution is 7.14. The Hall–Kier alpha value is -1.24. The monoisotopic (exact) mass is 310 g/mol. The van der Waals surface area contributed by atoms with Crippen LogP contribution in [0.3, 0.4) is 0 Å². The summed E-state index contributed by atoms with van der Waals surface area (Å²) in [7, 11) is 0. The summed E-state index contributed by atoms with van der Waals surface area (Å²) in [5.41, 5.74) is 1.87. The molecule has 4 nitrogen and oxygen atoms in total. The van der Waals surface area contributed by atoms with Crippen LogP contribution in [-0.4, -0.2) is 28.6 Å². The number of nitrogens with zero attached hydrogens (tertiary/aromatic N) is 1. The number of amides is 1. The van der Waals surface area contributed by atoms with Crippen molar-refractivity contribution in [1.82, 2.24) is 10.3 Å². The van der Waals surface area contributed by atoms with Gasteiger partial charge in [-0.05, 0) is 17.4 Å². The number of nitrogens with one attached hydrogen (secondary N) is 1. The predicted octanol–water partition coefficient (Wildman–Crippen LogP) is 2.55. The molecule has 0 fully saturated rings. The van der Waals surface area contributed by atoms with Crippen molar-refractivity contribution < 1.29 is 9.90 Å². The second-order valence-corrected chi connectivity index (χ2v) is 6.59. The molecule has 2 N–H and O–H groups in total. The molecule has 0 aliphatic carbocycles. The number of thiophene rings is 1. The summed E-state index contributed by atoms with van der Waals surface area (Å²) in [4.78, 5) is 16.2. The molecule has 2 aromatic heterocycles. The van der Waals surface area contributed by atoms with Gasteiger partial charge in [-0.25, -0.2) is 4.98 Å². The Morgan fingerprint density at radius 2 is 2.25 bits per heavy atom. The van der Waals surface area contributed by atoms with Crippen LogP contribution < -0.4 is 5.32 Å². The zero-order valence-electron chi connectivity index (χ0n) is 11.5. The summed E-state index contributed by atoms with van der Waals surface area (Å²) >= 11 is 3.18. The van der Waals surface area contributed by atoms with Crippen molar-refractivity contribution in [1.29, 1.82) is 0 Å². The average Bonchev–Trinajstić information content (AvgIpc) is 3.05. The Bertz CT molecular complexity index is 549. The van der Waals surface area contributed by atoms with Crippen LogP contribution in [0.15, 0.2) is 22.2 Å². The van der Waals surface area contributed by atoms with Crippen LogP contribution in [0.2, 0.25) is 0 Å². The fourth-order valence-electron chi connectivity index (χ4n) is 1.59. The molecule has 0 saturated heterocycles. The van der Waals surface area contributed by atoms with Crippen LogP contribution in [0.25, 0.3) is 10.6 Å². The molecule has 0 bridgehead atoms. The molecular weight excluding hydrogens is 292 g/mol. The topological polar surface area (TPSA) is 62.2 Å². The van der Waals surface area contributed by atoms with Crippen LogP contribution in [0, 0.1) is 5.92 Å². The van der Waals surface area contributed by atoms with E-state index in [0.717, 1.165) is 16.3 Å². The van der Waals surface area contributed by atoms with Gasteiger partial charge in [-0.2, -0.15) is 11.3 Å². The second-order valence-electron chi connectivity index (χ2n) is 4.95. The van der Waals surface area contributed by atoms with Crippen LogP contribution in [0.4, 0.5) is 0 Å². The van der Waals surface area contributed by atoms with Crippen molar-refractivity contribution in [2.45, 2.75) is 26.4 Å². The van der Waals surface area contributed by atoms with Gasteiger partial charge in [0.1, 0.15) is 5.01 Å². The maximum absolute atomic E-state index is 11.8. The van der Waals surface area contributed by atoms with E-state index in [9.17, 15) is 9.90 Å². The van der Waals surface area contributed by atoms with Gasteiger partial charge in [0.05, 0.1) is 18.2 Å². The lowest BCUT2D eigenvalue weighted by Crippen LogP contribution is -2.35. The van der Waals surface area contributed by atoms with E-state index < -0.39 is 6.10 Å². The van der Waals surface area contributed by atoms with Gasteiger partial charge in [-0.3, -0.25) is 4.79 Å². The van der Waals surface area contributed by atoms with Gasteiger partial charge < -0.3 is 10.4 Å². The van der Waals surface area contributed by atoms with E-state index in [0.29, 0.717) is 0 Å². The number of rotatable bonds is 6. The predicted molar refractivity (Wildman–Crippen MR) is 83.0 cm³/mol. The summed E-state index contributed by atoms with van der Waals surface area (Å²) in [6.45, 7) is 4.13. The van der Waals surface area contributed by atoms with Crippen molar-refractivity contribution in [3.05, 3.63) is 27.9 Å². The fourth-order valence-corrected chi connectivity index (χ4v) is 3.12. The first-order valence-corrected chi connectivity index (χ1v) is 8.30. The molecule has 0 aliphatic rings. The third-order valence-electron chi connectivity index (χ3n) is 2.94. The Morgan fingerprint density at radius 1 is 1.45 bits per heavy atom. The lowest BCUT2D eigenvalue weighted by atomic mass is 10.1. The lowest BCUT2D eigenvalue weighted by molar-refractivity contribution is -0.121. The maximum atomic E-state index is 11.8. The van der Waals surface area contributed by atoms with E-state index in [2.05, 4.69) is 10.3 Å². The number of hydrogen-bond donors (Lipinski definition) is 2. The Morgan fingerprint density at radius 3 is 2.90 bits per heavy atom. The van der Waals surface area contributed by atoms with Crippen molar-refractivity contribution in [2.75, 3.05) is 6.54 Å². The third kappa shape index (κ3) is 4.13. The van der Waals surface area contributed by atoms with E-state index in [1.807, 2.05) is 36.1 Å². The number of hydrogen-bond acceptors (Lipinski definition) is 5. The minimum Gasteiger partial charge on any atom is -0.391 e. The van der Waals surface area contributed by atoms with Gasteiger partial charge in [-0.15, -0.1) is 11.3 Å². The molecular formula is C14H18N2O2S2. The molecule has 0 aliphatic heterocycles. The molecule has 6 heteroatoms. The molecule has 2 rings (SSSR count). The molecule has 108 valence electrons. The van der Waals surface area contributed by atoms with Gasteiger partial charge in [-0.1, -0.05) is 13.8 Å². The van der Waals surface area contributed by atoms with Crippen molar-refractivity contribution in [3.8, 4) is 10.6 Å². The van der Waals surface area contributed by atoms with Crippen LogP contribution in [0.1, 0.15) is 19.5 Å². The summed E-state index contributed by atoms with van der Waals surface area (Å²) in [5.74, 6) is 0.0339. The minimum absolute atomic E-state index is 0.105. The van der Waals surface area contributed by atoms with Gasteiger partial charge in [0.15, 0.2) is 0 Å². The fraction of sp³-hybridized carbons (Fsp3) is 0.429. The van der Waals surface area contributed by atoms with Gasteiger partial charge >= 0.3 is 0 Å². The molecule has 1 unspecified atom stereocenters. The molecule has 1 atom stereocenters. The Labute approximate surface area is 126 Å². The lowest BCUT2D eigenvalue weighted by Gasteiger charge is -2.14. The third-order valence-corrected chi connectivity index (χ3v) is 4.56. The average molecular weight is 310 g/mol. The number of aromatic nitrogens is 1. The second kappa shape index (κ2) is 6.97. The largest absolute Gasteiger partial charge is 0.391 e. The SMILES string of the molecule is CC(C)C(O)CNC(=O)Cc1csc(-c2ccsc2)n1. The zero-order valence-corrected chi connectivity index (χ0v) is 13.1. The standard InChI is InChI=1S/C14H18N2O2S2/c1-9(2)12(17)6-15-13(18)5-11-8-20-14(16-11)10-3-4-19-7-10/h3-4,7-9,12,17H,5-6H2,1-2H3,(H,15,18). The highest BCUT2D eigenvalue weighted by Crippen LogP contribution is 2.25. The minimum atomic E-state index is -0.504. The molecule has 0 saturated carbocycles. The van der Waals surface area contributed by atoms with E-state index >= 15 is 0 Å². The Kier molecular flexibility index (Phi) is 5.28. The van der Waals surface area contributed by atoms with Crippen molar-refractivity contribution in [3.63, 3.8) is 0 Å². The molecule has 0 aromatic carbocycles. The zero-order chi connectivity index (χ0) is 14.5. The normalized spacial score (nSPS) is 12.6. The van der Waals surface area contributed by atoms with Crippen LogP contribution in [0.5, 0.6) is 0 Å². The van der Waals surface area contributed by atoms with Crippen molar-refractivity contribution >= 4 is 28.6 Å². The van der Waals surface area contributed by atoms with Gasteiger partial charge in [0.25, 0.3) is 0 Å². The first-order valence-electron chi connectivity index (χ1n) is 6.48. The van der Waals surface area contributed by atoms with E-state index in [1.165, 1.54) is 0 Å². The molecule has 1 amide bonds. The number of aliphatic hydroxyl groups excluding tert-OH is 1. The summed E-state index contributed by atoms with van der Waals surface area (Å²) in [6.07, 6.45) is -0.249. The smallest absolute Gasteiger partial charge is 0.226 e. The molecule has 20 heavy (non-hydrogen) atoms. The number of carbonyl (C=O) groups excluding carboxylic acids is 1. The van der Waals surface area contributed by atoms with E-state index in [1.54, 1.807) is 22.7 Å². The van der Waals surface area contributed by atoms with Crippen LogP contribution in [-0.2, 0) is 11.2 Å². The summed E-state index contributed by atoms with van der Waals surface area (Å²) in [5, 5.41) is 19.3. The van der Waals surface area contributed by atoms with Gasteiger partial charge in [0.2, 0.25) is 5.91 Å².